The molecule has 0 aromatic carbocycles. The molecular weight excluding hydrogens is 432 g/mol. The van der Waals surface area contributed by atoms with Crippen LogP contribution in [0.2, 0.25) is 0 Å². The summed E-state index contributed by atoms with van der Waals surface area (Å²) in [6.07, 6.45) is 47.3. The second-order valence-electron chi connectivity index (χ2n) is 12.4. The Morgan fingerprint density at radius 1 is 0.222 bits per heavy atom. The molecule has 0 aliphatic rings. The quantitative estimate of drug-likeness (QED) is 0.0795. The molecule has 0 fully saturated rings. The lowest BCUT2D eigenvalue weighted by Gasteiger charge is -2.16. The average Bonchev–Trinajstić information content (AvgIpc) is 2.89. The third kappa shape index (κ3) is 30.2. The SMILES string of the molecule is CCCCCCCCCCCCCCCCCCCCCCCC(CCCC)CCCCCCCC. The Labute approximate surface area is 232 Å². The van der Waals surface area contributed by atoms with Crippen LogP contribution in [0.1, 0.15) is 226 Å². The average molecular weight is 507 g/mol. The molecule has 0 amide bonds. The van der Waals surface area contributed by atoms with Crippen molar-refractivity contribution >= 4 is 0 Å². The lowest BCUT2D eigenvalue weighted by molar-refractivity contribution is 0.370. The third-order valence-electron chi connectivity index (χ3n) is 8.65. The van der Waals surface area contributed by atoms with Crippen LogP contribution in [0.4, 0.5) is 0 Å². The Hall–Kier alpha value is 0. The van der Waals surface area contributed by atoms with Crippen molar-refractivity contribution in [2.75, 3.05) is 0 Å². The molecule has 36 heavy (non-hydrogen) atoms. The summed E-state index contributed by atoms with van der Waals surface area (Å²) in [4.78, 5) is 0. The molecule has 0 nitrogen and oxygen atoms in total. The van der Waals surface area contributed by atoms with Crippen LogP contribution in [-0.4, -0.2) is 0 Å². The van der Waals surface area contributed by atoms with Crippen molar-refractivity contribution in [3.63, 3.8) is 0 Å². The molecule has 0 heterocycles. The zero-order valence-electron chi connectivity index (χ0n) is 26.2. The first-order valence-corrected chi connectivity index (χ1v) is 17.8. The third-order valence-corrected chi connectivity index (χ3v) is 8.65. The van der Waals surface area contributed by atoms with Crippen LogP contribution in [0.15, 0.2) is 0 Å². The van der Waals surface area contributed by atoms with Crippen molar-refractivity contribution in [3.05, 3.63) is 0 Å². The van der Waals surface area contributed by atoms with Crippen molar-refractivity contribution in [1.82, 2.24) is 0 Å². The maximum Gasteiger partial charge on any atom is -0.0414 e. The van der Waals surface area contributed by atoms with Crippen LogP contribution in [0, 0.1) is 5.92 Å². The molecule has 1 unspecified atom stereocenters. The van der Waals surface area contributed by atoms with E-state index in [0.717, 1.165) is 5.92 Å². The number of hydrogen-bond acceptors (Lipinski definition) is 0. The molecule has 0 rings (SSSR count). The second-order valence-corrected chi connectivity index (χ2v) is 12.4. The fourth-order valence-electron chi connectivity index (χ4n) is 6.00. The Kier molecular flexibility index (Phi) is 33.0. The van der Waals surface area contributed by atoms with Crippen LogP contribution in [0.5, 0.6) is 0 Å². The van der Waals surface area contributed by atoms with Crippen LogP contribution < -0.4 is 0 Å². The molecule has 218 valence electrons. The van der Waals surface area contributed by atoms with E-state index in [1.165, 1.54) is 205 Å². The van der Waals surface area contributed by atoms with Gasteiger partial charge in [-0.25, -0.2) is 0 Å². The number of unbranched alkanes of at least 4 members (excludes halogenated alkanes) is 26. The van der Waals surface area contributed by atoms with Gasteiger partial charge in [0, 0.05) is 0 Å². The zero-order valence-corrected chi connectivity index (χ0v) is 26.2. The fourth-order valence-corrected chi connectivity index (χ4v) is 6.00. The minimum Gasteiger partial charge on any atom is -0.0654 e. The summed E-state index contributed by atoms with van der Waals surface area (Å²) in [5.74, 6) is 1.04. The van der Waals surface area contributed by atoms with E-state index in [0.29, 0.717) is 0 Å². The van der Waals surface area contributed by atoms with Crippen LogP contribution in [0.3, 0.4) is 0 Å². The summed E-state index contributed by atoms with van der Waals surface area (Å²) in [6, 6.07) is 0. The summed E-state index contributed by atoms with van der Waals surface area (Å²) in [5, 5.41) is 0. The summed E-state index contributed by atoms with van der Waals surface area (Å²) in [7, 11) is 0. The molecule has 0 saturated heterocycles. The molecule has 0 aromatic rings. The molecule has 0 aromatic heterocycles. The molecule has 0 radical (unpaired) electrons. The predicted octanol–water partition coefficient (Wildman–Crippen LogP) is 14.1. The minimum absolute atomic E-state index is 1.04. The van der Waals surface area contributed by atoms with E-state index >= 15 is 0 Å². The van der Waals surface area contributed by atoms with E-state index in [9.17, 15) is 0 Å². The minimum atomic E-state index is 1.04. The van der Waals surface area contributed by atoms with E-state index in [-0.39, 0.29) is 0 Å². The maximum atomic E-state index is 2.36. The van der Waals surface area contributed by atoms with Gasteiger partial charge in [0.1, 0.15) is 0 Å². The Morgan fingerprint density at radius 2 is 0.417 bits per heavy atom. The Balaban J connectivity index is 3.32. The standard InChI is InChI=1S/C36H74/c1-4-7-10-12-14-15-16-17-18-19-20-21-22-23-24-25-26-27-28-30-32-35-36(33-9-6-3)34-31-29-13-11-8-5-2/h36H,4-35H2,1-3H3. The zero-order chi connectivity index (χ0) is 26.2. The first-order chi connectivity index (χ1) is 17.8. The molecule has 0 N–H and O–H groups in total. The van der Waals surface area contributed by atoms with Crippen molar-refractivity contribution in [2.24, 2.45) is 5.92 Å². The second kappa shape index (κ2) is 33.0. The van der Waals surface area contributed by atoms with Gasteiger partial charge in [0.2, 0.25) is 0 Å². The van der Waals surface area contributed by atoms with E-state index in [2.05, 4.69) is 20.8 Å². The lowest BCUT2D eigenvalue weighted by Crippen LogP contribution is -2.01. The lowest BCUT2D eigenvalue weighted by atomic mass is 9.90. The van der Waals surface area contributed by atoms with Crippen LogP contribution in [-0.2, 0) is 0 Å². The Morgan fingerprint density at radius 3 is 0.667 bits per heavy atom. The molecule has 1 atom stereocenters. The summed E-state index contributed by atoms with van der Waals surface area (Å²) in [6.45, 7) is 6.99. The highest BCUT2D eigenvalue weighted by atomic mass is 14.1. The molecular formula is C36H74. The van der Waals surface area contributed by atoms with E-state index in [4.69, 9.17) is 0 Å². The van der Waals surface area contributed by atoms with Crippen molar-refractivity contribution in [1.29, 1.82) is 0 Å². The van der Waals surface area contributed by atoms with Gasteiger partial charge >= 0.3 is 0 Å². The first-order valence-electron chi connectivity index (χ1n) is 17.8. The summed E-state index contributed by atoms with van der Waals surface area (Å²) in [5.41, 5.74) is 0. The van der Waals surface area contributed by atoms with Gasteiger partial charge < -0.3 is 0 Å². The van der Waals surface area contributed by atoms with E-state index in [1.807, 2.05) is 0 Å². The highest BCUT2D eigenvalue weighted by Crippen LogP contribution is 2.24. The van der Waals surface area contributed by atoms with E-state index < -0.39 is 0 Å². The predicted molar refractivity (Wildman–Crippen MR) is 168 cm³/mol. The largest absolute Gasteiger partial charge is 0.0654 e. The van der Waals surface area contributed by atoms with Gasteiger partial charge in [0.25, 0.3) is 0 Å². The molecule has 0 aliphatic heterocycles. The molecule has 0 spiro atoms. The van der Waals surface area contributed by atoms with Gasteiger partial charge in [-0.05, 0) is 5.92 Å². The van der Waals surface area contributed by atoms with Gasteiger partial charge in [-0.15, -0.1) is 0 Å². The highest BCUT2D eigenvalue weighted by Gasteiger charge is 2.08. The van der Waals surface area contributed by atoms with Gasteiger partial charge in [-0.1, -0.05) is 226 Å². The van der Waals surface area contributed by atoms with Gasteiger partial charge in [-0.3, -0.25) is 0 Å². The summed E-state index contributed by atoms with van der Waals surface area (Å²) < 4.78 is 0. The summed E-state index contributed by atoms with van der Waals surface area (Å²) >= 11 is 0. The molecule has 0 aliphatic carbocycles. The van der Waals surface area contributed by atoms with E-state index in [1.54, 1.807) is 0 Å². The van der Waals surface area contributed by atoms with Crippen molar-refractivity contribution < 1.29 is 0 Å². The Bertz CT molecular complexity index is 359. The van der Waals surface area contributed by atoms with Gasteiger partial charge in [-0.2, -0.15) is 0 Å². The monoisotopic (exact) mass is 507 g/mol. The number of hydrogen-bond donors (Lipinski definition) is 0. The number of rotatable bonds is 32. The van der Waals surface area contributed by atoms with Gasteiger partial charge in [0.05, 0.1) is 0 Å². The smallest absolute Gasteiger partial charge is 0.0414 e. The van der Waals surface area contributed by atoms with Crippen molar-refractivity contribution in [3.8, 4) is 0 Å². The molecule has 0 bridgehead atoms. The fraction of sp³-hybridized carbons (Fsp3) is 1.00. The molecule has 0 saturated carbocycles. The topological polar surface area (TPSA) is 0 Å². The highest BCUT2D eigenvalue weighted by molar-refractivity contribution is 4.61. The van der Waals surface area contributed by atoms with Crippen LogP contribution >= 0.6 is 0 Å². The van der Waals surface area contributed by atoms with Crippen molar-refractivity contribution in [2.45, 2.75) is 226 Å². The maximum absolute atomic E-state index is 2.36. The van der Waals surface area contributed by atoms with Gasteiger partial charge in [0.15, 0.2) is 0 Å². The normalized spacial score (nSPS) is 12.4. The molecule has 0 heteroatoms. The van der Waals surface area contributed by atoms with Crippen LogP contribution in [0.25, 0.3) is 0 Å². The first kappa shape index (κ1) is 36.0.